The second kappa shape index (κ2) is 4.43. The van der Waals surface area contributed by atoms with Crippen molar-refractivity contribution >= 4 is 23.2 Å². The highest BCUT2D eigenvalue weighted by molar-refractivity contribution is 6.29. The van der Waals surface area contributed by atoms with Crippen LogP contribution in [0.5, 0.6) is 0 Å². The van der Waals surface area contributed by atoms with Crippen molar-refractivity contribution in [3.8, 4) is 0 Å². The van der Waals surface area contributed by atoms with E-state index in [1.807, 2.05) is 0 Å². The number of pyridine rings is 1. The molecule has 0 saturated heterocycles. The van der Waals surface area contributed by atoms with Gasteiger partial charge in [-0.05, 0) is 6.07 Å². The molecule has 1 rings (SSSR count). The van der Waals surface area contributed by atoms with Crippen molar-refractivity contribution in [3.63, 3.8) is 0 Å². The molecule has 15 heavy (non-hydrogen) atoms. The van der Waals surface area contributed by atoms with Gasteiger partial charge in [-0.15, -0.1) is 0 Å². The van der Waals surface area contributed by atoms with E-state index in [4.69, 9.17) is 23.1 Å². The summed E-state index contributed by atoms with van der Waals surface area (Å²) in [4.78, 5) is 14.3. The Hall–Kier alpha value is -1.37. The fourth-order valence-electron chi connectivity index (χ4n) is 1.03. The van der Waals surface area contributed by atoms with Crippen LogP contribution in [0.4, 0.5) is 5.69 Å². The van der Waals surface area contributed by atoms with Gasteiger partial charge in [0.1, 0.15) is 11.3 Å². The zero-order valence-corrected chi connectivity index (χ0v) is 8.35. The van der Waals surface area contributed by atoms with Gasteiger partial charge in [0.25, 0.3) is 0 Å². The van der Waals surface area contributed by atoms with Crippen molar-refractivity contribution in [2.75, 3.05) is 5.73 Å². The minimum Gasteiger partial charge on any atom is -0.398 e. The normalized spacial score (nSPS) is 14.6. The van der Waals surface area contributed by atoms with Gasteiger partial charge in [-0.1, -0.05) is 11.6 Å². The van der Waals surface area contributed by atoms with Gasteiger partial charge < -0.3 is 21.7 Å². The van der Waals surface area contributed by atoms with Gasteiger partial charge in [0.05, 0.1) is 0 Å². The number of hydrogen-bond donors (Lipinski definition) is 4. The first-order chi connectivity index (χ1) is 6.93. The number of anilines is 1. The van der Waals surface area contributed by atoms with E-state index < -0.39 is 18.1 Å². The lowest BCUT2D eigenvalue weighted by atomic mass is 10.0. The molecule has 6 nitrogen and oxygen atoms in total. The number of halogens is 1. The second-order valence-electron chi connectivity index (χ2n) is 2.93. The molecule has 0 spiro atoms. The molecule has 1 amide bonds. The highest BCUT2D eigenvalue weighted by Crippen LogP contribution is 2.24. The summed E-state index contributed by atoms with van der Waals surface area (Å²) in [5.74, 6) is -1.04. The summed E-state index contributed by atoms with van der Waals surface area (Å²) >= 11 is 5.54. The summed E-state index contributed by atoms with van der Waals surface area (Å²) < 4.78 is 0. The Morgan fingerprint density at radius 2 is 2.13 bits per heavy atom. The van der Waals surface area contributed by atoms with Gasteiger partial charge in [0, 0.05) is 17.4 Å². The van der Waals surface area contributed by atoms with E-state index in [0.717, 1.165) is 0 Å². The number of carbonyl (C=O) groups excluding carboxylic acids is 1. The number of nitrogens with zero attached hydrogens (tertiary/aromatic N) is 1. The summed E-state index contributed by atoms with van der Waals surface area (Å²) in [5.41, 5.74) is 10.6. The first kappa shape index (κ1) is 11.7. The highest BCUT2D eigenvalue weighted by atomic mass is 35.5. The van der Waals surface area contributed by atoms with E-state index in [1.54, 1.807) is 0 Å². The number of amides is 1. The average Bonchev–Trinajstić information content (AvgIpc) is 2.15. The van der Waals surface area contributed by atoms with Crippen LogP contribution in [0.1, 0.15) is 11.7 Å². The van der Waals surface area contributed by atoms with Crippen LogP contribution in [-0.2, 0) is 4.79 Å². The molecule has 1 heterocycles. The lowest BCUT2D eigenvalue weighted by Gasteiger charge is -2.16. The fraction of sp³-hybridized carbons (Fsp3) is 0.250. The van der Waals surface area contributed by atoms with Gasteiger partial charge in [-0.3, -0.25) is 4.79 Å². The number of primary amides is 1. The van der Waals surface area contributed by atoms with Gasteiger partial charge in [0.15, 0.2) is 6.10 Å². The van der Waals surface area contributed by atoms with Crippen LogP contribution < -0.4 is 11.5 Å². The van der Waals surface area contributed by atoms with Crippen LogP contribution in [0.2, 0.25) is 5.15 Å². The molecule has 0 fully saturated rings. The molecule has 1 aromatic rings. The van der Waals surface area contributed by atoms with Crippen molar-refractivity contribution in [2.24, 2.45) is 5.73 Å². The number of carbonyl (C=O) groups is 1. The lowest BCUT2D eigenvalue weighted by molar-refractivity contribution is -0.131. The van der Waals surface area contributed by atoms with Gasteiger partial charge in [-0.25, -0.2) is 4.98 Å². The molecule has 0 saturated carbocycles. The number of aliphatic hydroxyl groups is 2. The molecule has 0 aromatic carbocycles. The molecule has 0 aliphatic rings. The van der Waals surface area contributed by atoms with Crippen molar-refractivity contribution < 1.29 is 15.0 Å². The molecule has 0 radical (unpaired) electrons. The number of nitrogens with two attached hydrogens (primary N) is 2. The summed E-state index contributed by atoms with van der Waals surface area (Å²) in [6.07, 6.45) is -2.06. The summed E-state index contributed by atoms with van der Waals surface area (Å²) in [6.45, 7) is 0. The van der Waals surface area contributed by atoms with Crippen LogP contribution in [0, 0.1) is 0 Å². The molecule has 82 valence electrons. The predicted molar refractivity (Wildman–Crippen MR) is 53.8 cm³/mol. The first-order valence-corrected chi connectivity index (χ1v) is 4.37. The molecule has 2 unspecified atom stereocenters. The van der Waals surface area contributed by atoms with E-state index >= 15 is 0 Å². The Kier molecular flexibility index (Phi) is 3.46. The van der Waals surface area contributed by atoms with Crippen molar-refractivity contribution in [2.45, 2.75) is 12.2 Å². The molecular formula is C8H10ClN3O3. The standard InChI is InChI=1S/C8H10ClN3O3/c9-5-1-4(10)3(2-12-5)6(13)7(14)8(11)15/h1-2,6-7,13-14H,(H2,10,12)(H2,11,15). The third-order valence-electron chi connectivity index (χ3n) is 1.84. The number of hydrogen-bond acceptors (Lipinski definition) is 5. The number of nitrogen functional groups attached to an aromatic ring is 1. The van der Waals surface area contributed by atoms with Crippen LogP contribution >= 0.6 is 11.6 Å². The Bertz CT molecular complexity index is 385. The van der Waals surface area contributed by atoms with Crippen LogP contribution in [0.15, 0.2) is 12.3 Å². The van der Waals surface area contributed by atoms with Crippen molar-refractivity contribution in [3.05, 3.63) is 23.0 Å². The predicted octanol–water partition coefficient (Wildman–Crippen LogP) is -0.803. The maximum Gasteiger partial charge on any atom is 0.249 e. The monoisotopic (exact) mass is 231 g/mol. The van der Waals surface area contributed by atoms with E-state index in [-0.39, 0.29) is 16.4 Å². The van der Waals surface area contributed by atoms with Gasteiger partial charge in [0.2, 0.25) is 5.91 Å². The Morgan fingerprint density at radius 3 is 2.60 bits per heavy atom. The fourth-order valence-corrected chi connectivity index (χ4v) is 1.19. The maximum atomic E-state index is 10.6. The molecule has 0 bridgehead atoms. The molecule has 0 aliphatic carbocycles. The first-order valence-electron chi connectivity index (χ1n) is 4.00. The number of rotatable bonds is 3. The maximum absolute atomic E-state index is 10.6. The van der Waals surface area contributed by atoms with Crippen LogP contribution in [-0.4, -0.2) is 27.2 Å². The van der Waals surface area contributed by atoms with Crippen LogP contribution in [0.25, 0.3) is 0 Å². The summed E-state index contributed by atoms with van der Waals surface area (Å²) in [5, 5.41) is 18.9. The topological polar surface area (TPSA) is 122 Å². The highest BCUT2D eigenvalue weighted by Gasteiger charge is 2.25. The van der Waals surface area contributed by atoms with E-state index in [9.17, 15) is 15.0 Å². The minimum atomic E-state index is -1.73. The van der Waals surface area contributed by atoms with Crippen LogP contribution in [0.3, 0.4) is 0 Å². The summed E-state index contributed by atoms with van der Waals surface area (Å²) in [6, 6.07) is 1.30. The van der Waals surface area contributed by atoms with E-state index in [1.165, 1.54) is 12.3 Å². The SMILES string of the molecule is NC(=O)C(O)C(O)c1cnc(Cl)cc1N. The third-order valence-corrected chi connectivity index (χ3v) is 2.05. The van der Waals surface area contributed by atoms with Gasteiger partial charge >= 0.3 is 0 Å². The minimum absolute atomic E-state index is 0.103. The quantitative estimate of drug-likeness (QED) is 0.507. The van der Waals surface area contributed by atoms with Crippen molar-refractivity contribution in [1.82, 2.24) is 4.98 Å². The third kappa shape index (κ3) is 2.56. The lowest BCUT2D eigenvalue weighted by Crippen LogP contribution is -2.34. The largest absolute Gasteiger partial charge is 0.398 e. The van der Waals surface area contributed by atoms with Crippen molar-refractivity contribution in [1.29, 1.82) is 0 Å². The zero-order valence-electron chi connectivity index (χ0n) is 7.59. The molecule has 2 atom stereocenters. The number of aromatic nitrogens is 1. The zero-order chi connectivity index (χ0) is 11.6. The summed E-state index contributed by atoms with van der Waals surface area (Å²) in [7, 11) is 0. The Morgan fingerprint density at radius 1 is 1.53 bits per heavy atom. The molecular weight excluding hydrogens is 222 g/mol. The van der Waals surface area contributed by atoms with Gasteiger partial charge in [-0.2, -0.15) is 0 Å². The average molecular weight is 232 g/mol. The molecule has 1 aromatic heterocycles. The number of aliphatic hydroxyl groups excluding tert-OH is 2. The second-order valence-corrected chi connectivity index (χ2v) is 3.32. The smallest absolute Gasteiger partial charge is 0.249 e. The van der Waals surface area contributed by atoms with E-state index in [2.05, 4.69) is 4.98 Å². The molecule has 7 heteroatoms. The Labute approximate surface area is 90.5 Å². The Balaban J connectivity index is 3.01. The molecule has 0 aliphatic heterocycles. The van der Waals surface area contributed by atoms with E-state index in [0.29, 0.717) is 0 Å². The molecule has 6 N–H and O–H groups in total.